The molecule has 1 atom stereocenters. The molecule has 2 amide bonds. The summed E-state index contributed by atoms with van der Waals surface area (Å²) in [5, 5.41) is 23.7. The highest BCUT2D eigenvalue weighted by atomic mass is 32.1. The number of ether oxygens (including phenoxy) is 1. The molecule has 2 aromatic carbocycles. The van der Waals surface area contributed by atoms with Gasteiger partial charge in [-0.25, -0.2) is 14.6 Å². The normalized spacial score (nSPS) is 13.0. The number of fused-ring (bicyclic) bond motifs is 3. The van der Waals surface area contributed by atoms with Crippen molar-refractivity contribution in [3.8, 4) is 11.1 Å². The third-order valence-corrected chi connectivity index (χ3v) is 6.95. The van der Waals surface area contributed by atoms with Crippen LogP contribution < -0.4 is 10.6 Å². The lowest BCUT2D eigenvalue weighted by Gasteiger charge is -2.14. The van der Waals surface area contributed by atoms with Crippen LogP contribution in [0.4, 0.5) is 4.79 Å². The number of aromatic nitrogens is 1. The van der Waals surface area contributed by atoms with Gasteiger partial charge >= 0.3 is 12.1 Å². The molecule has 4 N–H and O–H groups in total. The number of carboxylic acids is 1. The highest BCUT2D eigenvalue weighted by molar-refractivity contribution is 7.13. The predicted molar refractivity (Wildman–Crippen MR) is 129 cm³/mol. The molecule has 35 heavy (non-hydrogen) atoms. The summed E-state index contributed by atoms with van der Waals surface area (Å²) in [7, 11) is 0. The van der Waals surface area contributed by atoms with Crippen molar-refractivity contribution >= 4 is 29.3 Å². The minimum atomic E-state index is -1.23. The number of amides is 2. The van der Waals surface area contributed by atoms with Gasteiger partial charge in [0.1, 0.15) is 22.5 Å². The summed E-state index contributed by atoms with van der Waals surface area (Å²) in [5.74, 6) is -1.87. The van der Waals surface area contributed by atoms with Gasteiger partial charge in [0.05, 0.1) is 12.2 Å². The molecule has 1 aliphatic carbocycles. The maximum Gasteiger partial charge on any atom is 0.407 e. The summed E-state index contributed by atoms with van der Waals surface area (Å²) in [4.78, 5) is 40.6. The smallest absolute Gasteiger partial charge is 0.407 e. The van der Waals surface area contributed by atoms with Gasteiger partial charge in [0.25, 0.3) is 5.91 Å². The zero-order chi connectivity index (χ0) is 24.9. The van der Waals surface area contributed by atoms with Crippen molar-refractivity contribution in [2.45, 2.75) is 31.8 Å². The van der Waals surface area contributed by atoms with Gasteiger partial charge in [-0.3, -0.25) is 4.79 Å². The molecule has 10 heteroatoms. The number of aliphatic carboxylic acids is 1. The lowest BCUT2D eigenvalue weighted by molar-refractivity contribution is -0.139. The molecule has 0 fully saturated rings. The molecule has 1 aliphatic rings. The molecule has 1 heterocycles. The number of nitrogens with one attached hydrogen (secondary N) is 2. The number of hydrogen-bond acceptors (Lipinski definition) is 7. The number of rotatable bonds is 9. The van der Waals surface area contributed by atoms with E-state index >= 15 is 0 Å². The van der Waals surface area contributed by atoms with Gasteiger partial charge in [0, 0.05) is 18.9 Å². The van der Waals surface area contributed by atoms with E-state index in [4.69, 9.17) is 14.9 Å². The van der Waals surface area contributed by atoms with Gasteiger partial charge in [-0.15, -0.1) is 11.3 Å². The molecule has 4 rings (SSSR count). The van der Waals surface area contributed by atoms with E-state index in [1.165, 1.54) is 0 Å². The summed E-state index contributed by atoms with van der Waals surface area (Å²) in [6.07, 6.45) is -0.700. The molecular formula is C25H25N3O6S. The Kier molecular flexibility index (Phi) is 7.42. The molecule has 9 nitrogen and oxygen atoms in total. The predicted octanol–water partition coefficient (Wildman–Crippen LogP) is 3.06. The van der Waals surface area contributed by atoms with Crippen molar-refractivity contribution in [3.05, 3.63) is 75.2 Å². The first-order valence-electron chi connectivity index (χ1n) is 11.1. The summed E-state index contributed by atoms with van der Waals surface area (Å²) in [6.45, 7) is 1.51. The fourth-order valence-electron chi connectivity index (χ4n) is 4.15. The number of aliphatic hydroxyl groups excluding tert-OH is 1. The van der Waals surface area contributed by atoms with Crippen molar-refractivity contribution in [2.75, 3.05) is 13.2 Å². The molecular weight excluding hydrogens is 470 g/mol. The second-order valence-corrected chi connectivity index (χ2v) is 9.16. The molecule has 0 unspecified atom stereocenters. The molecule has 3 aromatic rings. The van der Waals surface area contributed by atoms with Gasteiger partial charge in [-0.2, -0.15) is 0 Å². The molecule has 0 saturated carbocycles. The number of alkyl carbamates (subject to hydrolysis) is 1. The van der Waals surface area contributed by atoms with Crippen LogP contribution in [0.15, 0.2) is 48.5 Å². The maximum atomic E-state index is 12.5. The van der Waals surface area contributed by atoms with Crippen molar-refractivity contribution < 1.29 is 29.3 Å². The van der Waals surface area contributed by atoms with E-state index in [-0.39, 0.29) is 37.0 Å². The quantitative estimate of drug-likeness (QED) is 0.358. The van der Waals surface area contributed by atoms with Gasteiger partial charge in [-0.1, -0.05) is 48.5 Å². The Hall–Kier alpha value is -3.76. The number of carbonyl (C=O) groups excluding carboxylic acids is 2. The summed E-state index contributed by atoms with van der Waals surface area (Å²) in [5.41, 5.74) is 4.95. The standard InChI is InChI=1S/C25H25N3O6S/c1-14-22(23(30)28-20(10-11-29)24(31)32)35-21(27-14)12-26-25(33)34-13-19-17-8-4-2-6-15(17)16-7-3-5-9-18(16)19/h2-9,19-20,29H,10-13H2,1H3,(H,26,33)(H,28,30)(H,31,32)/t20-/m0/s1. The minimum absolute atomic E-state index is 0.0494. The highest BCUT2D eigenvalue weighted by Crippen LogP contribution is 2.44. The molecule has 0 radical (unpaired) electrons. The van der Waals surface area contributed by atoms with E-state index in [9.17, 15) is 14.4 Å². The maximum absolute atomic E-state index is 12.5. The lowest BCUT2D eigenvalue weighted by Crippen LogP contribution is -2.41. The Labute approximate surface area is 205 Å². The van der Waals surface area contributed by atoms with Crippen LogP contribution in [-0.4, -0.2) is 52.4 Å². The number of aryl methyl sites for hydroxylation is 1. The van der Waals surface area contributed by atoms with Gasteiger partial charge in [-0.05, 0) is 29.2 Å². The third-order valence-electron chi connectivity index (χ3n) is 5.80. The number of carbonyl (C=O) groups is 3. The number of hydrogen-bond donors (Lipinski definition) is 4. The van der Waals surface area contributed by atoms with Crippen LogP contribution in [0.25, 0.3) is 11.1 Å². The summed E-state index contributed by atoms with van der Waals surface area (Å²) >= 11 is 1.06. The second-order valence-electron chi connectivity index (χ2n) is 8.08. The number of thiazole rings is 1. The molecule has 0 aliphatic heterocycles. The Balaban J connectivity index is 1.34. The van der Waals surface area contributed by atoms with Crippen LogP contribution in [0.3, 0.4) is 0 Å². The zero-order valence-electron chi connectivity index (χ0n) is 19.0. The first-order valence-corrected chi connectivity index (χ1v) is 11.9. The largest absolute Gasteiger partial charge is 0.480 e. The van der Waals surface area contributed by atoms with Gasteiger partial charge in [0.2, 0.25) is 0 Å². The Bertz CT molecular complexity index is 1210. The SMILES string of the molecule is Cc1nc(CNC(=O)OCC2c3ccccc3-c3ccccc32)sc1C(=O)N[C@@H](CCO)C(=O)O. The van der Waals surface area contributed by atoms with Crippen molar-refractivity contribution in [3.63, 3.8) is 0 Å². The van der Waals surface area contributed by atoms with Crippen LogP contribution >= 0.6 is 11.3 Å². The lowest BCUT2D eigenvalue weighted by atomic mass is 9.98. The highest BCUT2D eigenvalue weighted by Gasteiger charge is 2.29. The molecule has 0 spiro atoms. The van der Waals surface area contributed by atoms with Gasteiger partial charge < -0.3 is 25.6 Å². The Morgan fingerprint density at radius 3 is 2.31 bits per heavy atom. The van der Waals surface area contributed by atoms with Crippen LogP contribution in [0.1, 0.15) is 43.8 Å². The average Bonchev–Trinajstić information content (AvgIpc) is 3.38. The number of nitrogens with zero attached hydrogens (tertiary/aromatic N) is 1. The summed E-state index contributed by atoms with van der Waals surface area (Å²) in [6, 6.07) is 14.9. The van der Waals surface area contributed by atoms with E-state index in [1.54, 1.807) is 6.92 Å². The zero-order valence-corrected chi connectivity index (χ0v) is 19.8. The molecule has 0 bridgehead atoms. The first-order chi connectivity index (χ1) is 16.9. The number of aliphatic hydroxyl groups is 1. The fourth-order valence-corrected chi connectivity index (χ4v) is 5.05. The van der Waals surface area contributed by atoms with Crippen molar-refractivity contribution in [2.24, 2.45) is 0 Å². The molecule has 1 aromatic heterocycles. The van der Waals surface area contributed by atoms with Crippen LogP contribution in [0, 0.1) is 6.92 Å². The summed E-state index contributed by atoms with van der Waals surface area (Å²) < 4.78 is 5.51. The monoisotopic (exact) mass is 495 g/mol. The van der Waals surface area contributed by atoms with E-state index in [1.807, 2.05) is 36.4 Å². The first kappa shape index (κ1) is 24.4. The Morgan fingerprint density at radius 2 is 1.71 bits per heavy atom. The van der Waals surface area contributed by atoms with Gasteiger partial charge in [0.15, 0.2) is 0 Å². The minimum Gasteiger partial charge on any atom is -0.480 e. The van der Waals surface area contributed by atoms with Crippen molar-refractivity contribution in [1.29, 1.82) is 0 Å². The topological polar surface area (TPSA) is 138 Å². The third kappa shape index (κ3) is 5.33. The van der Waals surface area contributed by atoms with E-state index in [0.29, 0.717) is 10.7 Å². The molecule has 0 saturated heterocycles. The van der Waals surface area contributed by atoms with Crippen LogP contribution in [0.2, 0.25) is 0 Å². The van der Waals surface area contributed by atoms with Crippen LogP contribution in [0.5, 0.6) is 0 Å². The number of carboxylic acid groups (broad SMARTS) is 1. The van der Waals surface area contributed by atoms with Crippen LogP contribution in [-0.2, 0) is 16.1 Å². The number of benzene rings is 2. The molecule has 182 valence electrons. The fraction of sp³-hybridized carbons (Fsp3) is 0.280. The van der Waals surface area contributed by atoms with E-state index in [2.05, 4.69) is 27.8 Å². The second kappa shape index (κ2) is 10.7. The average molecular weight is 496 g/mol. The van der Waals surface area contributed by atoms with Crippen molar-refractivity contribution in [1.82, 2.24) is 15.6 Å². The van der Waals surface area contributed by atoms with E-state index in [0.717, 1.165) is 33.6 Å². The Morgan fingerprint density at radius 1 is 1.09 bits per heavy atom. The van der Waals surface area contributed by atoms with E-state index < -0.39 is 24.0 Å².